The van der Waals surface area contributed by atoms with Crippen molar-refractivity contribution >= 4 is 5.91 Å². The summed E-state index contributed by atoms with van der Waals surface area (Å²) in [6.45, 7) is 5.90. The Balaban J connectivity index is 0.00000121. The van der Waals surface area contributed by atoms with Gasteiger partial charge in [0, 0.05) is 19.0 Å². The van der Waals surface area contributed by atoms with Gasteiger partial charge in [-0.2, -0.15) is 0 Å². The molecule has 1 aliphatic heterocycles. The number of carbonyl (C=O) groups excluding carboxylic acids is 1. The van der Waals surface area contributed by atoms with Crippen LogP contribution in [0.25, 0.3) is 0 Å². The molecule has 72 valence electrons. The average Bonchev–Trinajstić information content (AvgIpc) is 2.05. The van der Waals surface area contributed by atoms with Gasteiger partial charge < -0.3 is 4.90 Å². The van der Waals surface area contributed by atoms with Crippen molar-refractivity contribution < 1.29 is 4.79 Å². The van der Waals surface area contributed by atoms with Crippen LogP contribution in [0.1, 0.15) is 40.5 Å². The van der Waals surface area contributed by atoms with Gasteiger partial charge in [0.15, 0.2) is 0 Å². The number of piperidine rings is 1. The van der Waals surface area contributed by atoms with E-state index in [9.17, 15) is 4.79 Å². The van der Waals surface area contributed by atoms with Gasteiger partial charge in [0.1, 0.15) is 0 Å². The molecule has 1 heterocycles. The van der Waals surface area contributed by atoms with Gasteiger partial charge >= 0.3 is 0 Å². The molecule has 2 heteroatoms. The molecule has 0 aromatic heterocycles. The molecule has 0 aromatic rings. The third kappa shape index (κ3) is 2.84. The summed E-state index contributed by atoms with van der Waals surface area (Å²) in [6, 6.07) is 0. The first-order valence-corrected chi connectivity index (χ1v) is 4.50. The monoisotopic (exact) mass is 171 g/mol. The minimum atomic E-state index is 0. The van der Waals surface area contributed by atoms with E-state index in [4.69, 9.17) is 0 Å². The topological polar surface area (TPSA) is 20.3 Å². The summed E-state index contributed by atoms with van der Waals surface area (Å²) in [5.41, 5.74) is 0. The standard InChI is InChI=1S/C9H17NO.CH4/c1-8(2)9(11)10-6-4-3-5-7-10;/h8H,3-7H2,1-2H3;1H4. The van der Waals surface area contributed by atoms with Crippen molar-refractivity contribution in [2.75, 3.05) is 13.1 Å². The fourth-order valence-electron chi connectivity index (χ4n) is 1.48. The minimum absolute atomic E-state index is 0. The average molecular weight is 171 g/mol. The number of carbonyl (C=O) groups is 1. The molecule has 0 N–H and O–H groups in total. The van der Waals surface area contributed by atoms with E-state index in [0.717, 1.165) is 13.1 Å². The van der Waals surface area contributed by atoms with E-state index in [1.54, 1.807) is 0 Å². The minimum Gasteiger partial charge on any atom is -0.342 e. The van der Waals surface area contributed by atoms with Crippen LogP contribution >= 0.6 is 0 Å². The summed E-state index contributed by atoms with van der Waals surface area (Å²) in [7, 11) is 0. The maximum Gasteiger partial charge on any atom is 0.225 e. The molecule has 0 radical (unpaired) electrons. The van der Waals surface area contributed by atoms with E-state index in [2.05, 4.69) is 0 Å². The lowest BCUT2D eigenvalue weighted by Gasteiger charge is -2.28. The molecule has 0 aliphatic carbocycles. The van der Waals surface area contributed by atoms with Crippen LogP contribution in [-0.2, 0) is 4.79 Å². The Hall–Kier alpha value is -0.530. The lowest BCUT2D eigenvalue weighted by atomic mass is 10.1. The zero-order chi connectivity index (χ0) is 8.27. The predicted octanol–water partition coefficient (Wildman–Crippen LogP) is 2.29. The molecule has 1 aliphatic rings. The zero-order valence-electron chi connectivity index (χ0n) is 7.47. The van der Waals surface area contributed by atoms with Crippen molar-refractivity contribution in [2.45, 2.75) is 40.5 Å². The van der Waals surface area contributed by atoms with Crippen molar-refractivity contribution in [1.82, 2.24) is 4.90 Å². The van der Waals surface area contributed by atoms with Crippen LogP contribution in [0.2, 0.25) is 0 Å². The van der Waals surface area contributed by atoms with Crippen LogP contribution in [0, 0.1) is 5.92 Å². The molecule has 1 fully saturated rings. The van der Waals surface area contributed by atoms with Crippen molar-refractivity contribution in [3.05, 3.63) is 0 Å². The second-order valence-corrected chi connectivity index (χ2v) is 3.54. The molecule has 0 spiro atoms. The molecule has 0 unspecified atom stereocenters. The number of amides is 1. The Morgan fingerprint density at radius 1 is 1.17 bits per heavy atom. The van der Waals surface area contributed by atoms with E-state index in [-0.39, 0.29) is 13.3 Å². The summed E-state index contributed by atoms with van der Waals surface area (Å²) < 4.78 is 0. The summed E-state index contributed by atoms with van der Waals surface area (Å²) in [4.78, 5) is 13.4. The van der Waals surface area contributed by atoms with Crippen LogP contribution in [-0.4, -0.2) is 23.9 Å². The Labute approximate surface area is 75.9 Å². The van der Waals surface area contributed by atoms with Crippen molar-refractivity contribution in [3.63, 3.8) is 0 Å². The third-order valence-corrected chi connectivity index (χ3v) is 2.16. The normalized spacial score (nSPS) is 17.4. The fraction of sp³-hybridized carbons (Fsp3) is 0.900. The first-order valence-electron chi connectivity index (χ1n) is 4.50. The lowest BCUT2D eigenvalue weighted by molar-refractivity contribution is -0.135. The van der Waals surface area contributed by atoms with Gasteiger partial charge in [-0.1, -0.05) is 21.3 Å². The lowest BCUT2D eigenvalue weighted by Crippen LogP contribution is -2.38. The highest BCUT2D eigenvalue weighted by Gasteiger charge is 2.18. The Morgan fingerprint density at radius 2 is 1.67 bits per heavy atom. The fourth-order valence-corrected chi connectivity index (χ4v) is 1.48. The van der Waals surface area contributed by atoms with Crippen LogP contribution in [0.15, 0.2) is 0 Å². The van der Waals surface area contributed by atoms with Crippen LogP contribution in [0.3, 0.4) is 0 Å². The first-order chi connectivity index (χ1) is 5.22. The predicted molar refractivity (Wildman–Crippen MR) is 52.0 cm³/mol. The zero-order valence-corrected chi connectivity index (χ0v) is 7.47. The van der Waals surface area contributed by atoms with Crippen LogP contribution in [0.4, 0.5) is 0 Å². The summed E-state index contributed by atoms with van der Waals surface area (Å²) >= 11 is 0. The summed E-state index contributed by atoms with van der Waals surface area (Å²) in [5.74, 6) is 0.498. The van der Waals surface area contributed by atoms with Crippen molar-refractivity contribution in [3.8, 4) is 0 Å². The number of rotatable bonds is 1. The summed E-state index contributed by atoms with van der Waals surface area (Å²) in [6.07, 6.45) is 3.68. The molecule has 12 heavy (non-hydrogen) atoms. The SMILES string of the molecule is C.CC(C)C(=O)N1CCCCC1. The van der Waals surface area contributed by atoms with E-state index >= 15 is 0 Å². The largest absolute Gasteiger partial charge is 0.342 e. The first kappa shape index (κ1) is 11.5. The maximum absolute atomic E-state index is 11.4. The molecule has 0 bridgehead atoms. The highest BCUT2D eigenvalue weighted by atomic mass is 16.2. The van der Waals surface area contributed by atoms with E-state index in [0.29, 0.717) is 5.91 Å². The van der Waals surface area contributed by atoms with Gasteiger partial charge in [-0.05, 0) is 19.3 Å². The number of hydrogen-bond donors (Lipinski definition) is 0. The highest BCUT2D eigenvalue weighted by Crippen LogP contribution is 2.11. The van der Waals surface area contributed by atoms with Gasteiger partial charge in [-0.3, -0.25) is 4.79 Å². The van der Waals surface area contributed by atoms with Gasteiger partial charge in [-0.15, -0.1) is 0 Å². The van der Waals surface area contributed by atoms with Gasteiger partial charge in [0.05, 0.1) is 0 Å². The number of likely N-dealkylation sites (tertiary alicyclic amines) is 1. The Morgan fingerprint density at radius 3 is 2.08 bits per heavy atom. The second-order valence-electron chi connectivity index (χ2n) is 3.54. The molecule has 1 saturated heterocycles. The summed E-state index contributed by atoms with van der Waals surface area (Å²) in [5, 5.41) is 0. The number of hydrogen-bond acceptors (Lipinski definition) is 1. The molecule has 1 rings (SSSR count). The van der Waals surface area contributed by atoms with E-state index in [1.165, 1.54) is 19.3 Å². The van der Waals surface area contributed by atoms with E-state index in [1.807, 2.05) is 18.7 Å². The Kier molecular flexibility index (Phi) is 4.95. The second kappa shape index (κ2) is 5.18. The molecule has 0 atom stereocenters. The van der Waals surface area contributed by atoms with E-state index < -0.39 is 0 Å². The molecular formula is C10H21NO. The Bertz CT molecular complexity index is 137. The molecule has 0 saturated carbocycles. The quantitative estimate of drug-likeness (QED) is 0.592. The highest BCUT2D eigenvalue weighted by molar-refractivity contribution is 5.78. The molecular weight excluding hydrogens is 150 g/mol. The van der Waals surface area contributed by atoms with Crippen LogP contribution < -0.4 is 0 Å². The van der Waals surface area contributed by atoms with Crippen molar-refractivity contribution in [2.24, 2.45) is 5.92 Å². The number of nitrogens with zero attached hydrogens (tertiary/aromatic N) is 1. The van der Waals surface area contributed by atoms with Gasteiger partial charge in [-0.25, -0.2) is 0 Å². The maximum atomic E-state index is 11.4. The molecule has 1 amide bonds. The van der Waals surface area contributed by atoms with Gasteiger partial charge in [0.2, 0.25) is 5.91 Å². The smallest absolute Gasteiger partial charge is 0.225 e. The van der Waals surface area contributed by atoms with Crippen LogP contribution in [0.5, 0.6) is 0 Å². The van der Waals surface area contributed by atoms with Crippen molar-refractivity contribution in [1.29, 1.82) is 0 Å². The third-order valence-electron chi connectivity index (χ3n) is 2.16. The molecule has 2 nitrogen and oxygen atoms in total. The molecule has 0 aromatic carbocycles. The van der Waals surface area contributed by atoms with Gasteiger partial charge in [0.25, 0.3) is 0 Å².